The SMILES string of the molecule is CC(=O)N1CCCc2cc(S(=O)(=O)N3CCC[C@H](C(=O)Nc4cc(C)ccc4C)C3)ccc21. The van der Waals surface area contributed by atoms with Crippen LogP contribution in [0, 0.1) is 19.8 Å². The summed E-state index contributed by atoms with van der Waals surface area (Å²) in [7, 11) is -3.74. The van der Waals surface area contributed by atoms with Crippen LogP contribution < -0.4 is 10.2 Å². The second-order valence-electron chi connectivity index (χ2n) is 9.07. The number of sulfonamides is 1. The first kappa shape index (κ1) is 23.4. The van der Waals surface area contributed by atoms with E-state index in [4.69, 9.17) is 0 Å². The Hall–Kier alpha value is -2.71. The van der Waals surface area contributed by atoms with Gasteiger partial charge in [0.2, 0.25) is 21.8 Å². The van der Waals surface area contributed by atoms with E-state index in [9.17, 15) is 18.0 Å². The maximum atomic E-state index is 13.4. The summed E-state index contributed by atoms with van der Waals surface area (Å²) in [6.07, 6.45) is 2.83. The molecule has 0 unspecified atom stereocenters. The van der Waals surface area contributed by atoms with Gasteiger partial charge in [0.15, 0.2) is 0 Å². The largest absolute Gasteiger partial charge is 0.326 e. The Bertz CT molecular complexity index is 1190. The summed E-state index contributed by atoms with van der Waals surface area (Å²) in [6.45, 7) is 6.64. The topological polar surface area (TPSA) is 86.8 Å². The number of anilines is 2. The third kappa shape index (κ3) is 4.82. The van der Waals surface area contributed by atoms with Gasteiger partial charge in [0, 0.05) is 37.9 Å². The van der Waals surface area contributed by atoms with Crippen LogP contribution in [0.15, 0.2) is 41.3 Å². The molecule has 0 radical (unpaired) electrons. The zero-order valence-electron chi connectivity index (χ0n) is 19.4. The lowest BCUT2D eigenvalue weighted by Crippen LogP contribution is -2.43. The molecular weight excluding hydrogens is 438 g/mol. The predicted molar refractivity (Wildman–Crippen MR) is 129 cm³/mol. The minimum atomic E-state index is -3.74. The Morgan fingerprint density at radius 3 is 2.58 bits per heavy atom. The van der Waals surface area contributed by atoms with E-state index in [1.165, 1.54) is 11.2 Å². The Kier molecular flexibility index (Phi) is 6.59. The van der Waals surface area contributed by atoms with Crippen LogP contribution in [0.25, 0.3) is 0 Å². The quantitative estimate of drug-likeness (QED) is 0.741. The van der Waals surface area contributed by atoms with Crippen molar-refractivity contribution >= 4 is 33.2 Å². The van der Waals surface area contributed by atoms with Crippen LogP contribution in [0.2, 0.25) is 0 Å². The summed E-state index contributed by atoms with van der Waals surface area (Å²) in [5.74, 6) is -0.592. The monoisotopic (exact) mass is 469 g/mol. The molecule has 0 aliphatic carbocycles. The first-order valence-corrected chi connectivity index (χ1v) is 12.9. The summed E-state index contributed by atoms with van der Waals surface area (Å²) in [5, 5.41) is 2.99. The highest BCUT2D eigenvalue weighted by molar-refractivity contribution is 7.89. The predicted octanol–water partition coefficient (Wildman–Crippen LogP) is 3.64. The minimum absolute atomic E-state index is 0.0414. The Morgan fingerprint density at radius 1 is 1.03 bits per heavy atom. The van der Waals surface area contributed by atoms with Crippen molar-refractivity contribution in [3.63, 3.8) is 0 Å². The van der Waals surface area contributed by atoms with E-state index in [-0.39, 0.29) is 23.3 Å². The number of amides is 2. The number of carbonyl (C=O) groups excluding carboxylic acids is 2. The number of nitrogens with zero attached hydrogens (tertiary/aromatic N) is 2. The summed E-state index contributed by atoms with van der Waals surface area (Å²) in [4.78, 5) is 26.8. The van der Waals surface area contributed by atoms with Crippen molar-refractivity contribution in [1.82, 2.24) is 4.31 Å². The number of rotatable bonds is 4. The maximum absolute atomic E-state index is 13.4. The average molecular weight is 470 g/mol. The molecule has 1 fully saturated rings. The first-order valence-electron chi connectivity index (χ1n) is 11.5. The molecule has 2 amide bonds. The van der Waals surface area contributed by atoms with Gasteiger partial charge in [-0.1, -0.05) is 12.1 Å². The molecule has 0 spiro atoms. The molecule has 2 aliphatic rings. The number of hydrogen-bond donors (Lipinski definition) is 1. The van der Waals surface area contributed by atoms with Crippen LogP contribution in [-0.4, -0.2) is 44.2 Å². The molecule has 2 aromatic carbocycles. The van der Waals surface area contributed by atoms with Crippen molar-refractivity contribution < 1.29 is 18.0 Å². The molecule has 2 heterocycles. The molecule has 4 rings (SSSR count). The van der Waals surface area contributed by atoms with Gasteiger partial charge in [-0.15, -0.1) is 0 Å². The summed E-state index contributed by atoms with van der Waals surface area (Å²) < 4.78 is 28.3. The molecule has 33 heavy (non-hydrogen) atoms. The molecule has 8 heteroatoms. The summed E-state index contributed by atoms with van der Waals surface area (Å²) >= 11 is 0. The highest BCUT2D eigenvalue weighted by Gasteiger charge is 2.34. The fourth-order valence-corrected chi connectivity index (χ4v) is 6.27. The van der Waals surface area contributed by atoms with Crippen LogP contribution in [0.5, 0.6) is 0 Å². The molecule has 2 aromatic rings. The normalized spacial score (nSPS) is 19.1. The van der Waals surface area contributed by atoms with Gasteiger partial charge in [-0.2, -0.15) is 4.31 Å². The van der Waals surface area contributed by atoms with Crippen molar-refractivity contribution in [2.24, 2.45) is 5.92 Å². The molecule has 7 nitrogen and oxygen atoms in total. The van der Waals surface area contributed by atoms with Crippen LogP contribution in [0.4, 0.5) is 11.4 Å². The van der Waals surface area contributed by atoms with Gasteiger partial charge < -0.3 is 10.2 Å². The third-order valence-corrected chi connectivity index (χ3v) is 8.45. The minimum Gasteiger partial charge on any atom is -0.326 e. The lowest BCUT2D eigenvalue weighted by molar-refractivity contribution is -0.121. The van der Waals surface area contributed by atoms with E-state index in [2.05, 4.69) is 5.32 Å². The number of carbonyl (C=O) groups is 2. The average Bonchev–Trinajstić information content (AvgIpc) is 2.80. The zero-order chi connectivity index (χ0) is 23.8. The number of nitrogens with one attached hydrogen (secondary N) is 1. The van der Waals surface area contributed by atoms with Crippen LogP contribution in [0.3, 0.4) is 0 Å². The summed E-state index contributed by atoms with van der Waals surface area (Å²) in [5.41, 5.74) is 4.46. The number of piperidine rings is 1. The van der Waals surface area contributed by atoms with Gasteiger partial charge in [0.05, 0.1) is 10.8 Å². The zero-order valence-corrected chi connectivity index (χ0v) is 20.2. The third-order valence-electron chi connectivity index (χ3n) is 6.59. The second-order valence-corrected chi connectivity index (χ2v) is 11.0. The van der Waals surface area contributed by atoms with E-state index < -0.39 is 15.9 Å². The Balaban J connectivity index is 1.52. The van der Waals surface area contributed by atoms with Crippen molar-refractivity contribution in [3.8, 4) is 0 Å². The van der Waals surface area contributed by atoms with Gasteiger partial charge in [-0.05, 0) is 80.5 Å². The van der Waals surface area contributed by atoms with Crippen LogP contribution in [0.1, 0.15) is 42.9 Å². The molecule has 176 valence electrons. The number of fused-ring (bicyclic) bond motifs is 1. The number of benzene rings is 2. The van der Waals surface area contributed by atoms with Crippen molar-refractivity contribution in [2.45, 2.75) is 51.3 Å². The molecule has 1 atom stereocenters. The lowest BCUT2D eigenvalue weighted by Gasteiger charge is -2.32. The molecule has 1 N–H and O–H groups in total. The van der Waals surface area contributed by atoms with E-state index in [0.717, 1.165) is 40.9 Å². The molecule has 0 bridgehead atoms. The number of hydrogen-bond acceptors (Lipinski definition) is 4. The van der Waals surface area contributed by atoms with Crippen molar-refractivity contribution in [2.75, 3.05) is 29.9 Å². The van der Waals surface area contributed by atoms with E-state index in [0.29, 0.717) is 25.9 Å². The van der Waals surface area contributed by atoms with E-state index in [1.54, 1.807) is 23.1 Å². The van der Waals surface area contributed by atoms with E-state index in [1.807, 2.05) is 32.0 Å². The highest BCUT2D eigenvalue weighted by Crippen LogP contribution is 2.32. The standard InChI is InChI=1S/C25H31N3O4S/c1-17-8-9-18(2)23(14-17)26-25(30)21-7-4-12-27(16-21)33(31,32)22-10-11-24-20(15-22)6-5-13-28(24)19(3)29/h8-11,14-15,21H,4-7,12-13,16H2,1-3H3,(H,26,30)/t21-/m0/s1. The highest BCUT2D eigenvalue weighted by atomic mass is 32.2. The van der Waals surface area contributed by atoms with E-state index >= 15 is 0 Å². The fraction of sp³-hybridized carbons (Fsp3) is 0.440. The van der Waals surface area contributed by atoms with Gasteiger partial charge in [-0.25, -0.2) is 8.42 Å². The maximum Gasteiger partial charge on any atom is 0.243 e. The van der Waals surface area contributed by atoms with Gasteiger partial charge in [0.25, 0.3) is 0 Å². The molecule has 1 saturated heterocycles. The van der Waals surface area contributed by atoms with Crippen molar-refractivity contribution in [1.29, 1.82) is 0 Å². The van der Waals surface area contributed by atoms with Crippen LogP contribution in [-0.2, 0) is 26.0 Å². The Morgan fingerprint density at radius 2 is 1.82 bits per heavy atom. The first-order chi connectivity index (χ1) is 15.7. The Labute approximate surface area is 195 Å². The fourth-order valence-electron chi connectivity index (χ4n) is 4.69. The van der Waals surface area contributed by atoms with Gasteiger partial charge in [0.1, 0.15) is 0 Å². The van der Waals surface area contributed by atoms with Crippen LogP contribution >= 0.6 is 0 Å². The smallest absolute Gasteiger partial charge is 0.243 e. The van der Waals surface area contributed by atoms with Gasteiger partial charge >= 0.3 is 0 Å². The molecule has 0 saturated carbocycles. The van der Waals surface area contributed by atoms with Gasteiger partial charge in [-0.3, -0.25) is 9.59 Å². The summed E-state index contributed by atoms with van der Waals surface area (Å²) in [6, 6.07) is 10.9. The molecule has 2 aliphatic heterocycles. The number of aryl methyl sites for hydroxylation is 3. The second kappa shape index (κ2) is 9.27. The molecule has 0 aromatic heterocycles. The van der Waals surface area contributed by atoms with Crippen molar-refractivity contribution in [3.05, 3.63) is 53.1 Å². The molecular formula is C25H31N3O4S. The lowest BCUT2D eigenvalue weighted by atomic mass is 9.98.